The number of aliphatic hydroxyl groups is 1. The number of rotatable bonds is 8. The van der Waals surface area contributed by atoms with E-state index in [1.54, 1.807) is 4.57 Å². The number of nitrogen functional groups attached to an aromatic ring is 1. The standard InChI is InChI=1S/C12H19N6O5P/c13-12-16-10(15-7-1-2-7)9-11(17-12)18(5-14-9)3-8(4-19)23-6-24(20,21)22/h5,7-8,19H,1-4,6H2,(H2,20,21,22)(H3,13,15,16,17). The third kappa shape index (κ3) is 4.19. The Morgan fingerprint density at radius 2 is 2.21 bits per heavy atom. The van der Waals surface area contributed by atoms with Gasteiger partial charge in [-0.3, -0.25) is 4.57 Å². The Morgan fingerprint density at radius 1 is 1.46 bits per heavy atom. The number of hydrogen-bond donors (Lipinski definition) is 5. The highest BCUT2D eigenvalue weighted by Crippen LogP contribution is 2.34. The summed E-state index contributed by atoms with van der Waals surface area (Å²) in [5, 5.41) is 12.6. The predicted molar refractivity (Wildman–Crippen MR) is 85.3 cm³/mol. The number of nitrogens with zero attached hydrogens (tertiary/aromatic N) is 4. The molecule has 0 bridgehead atoms. The Balaban J connectivity index is 1.81. The molecule has 6 N–H and O–H groups in total. The van der Waals surface area contributed by atoms with E-state index in [-0.39, 0.29) is 12.5 Å². The Labute approximate surface area is 137 Å². The summed E-state index contributed by atoms with van der Waals surface area (Å²) in [6.45, 7) is -0.292. The molecule has 2 heterocycles. The van der Waals surface area contributed by atoms with Gasteiger partial charge in [-0.2, -0.15) is 9.97 Å². The molecule has 0 spiro atoms. The van der Waals surface area contributed by atoms with Crippen LogP contribution in [0.3, 0.4) is 0 Å². The number of nitrogens with two attached hydrogens (primary N) is 1. The Morgan fingerprint density at radius 3 is 2.83 bits per heavy atom. The lowest BCUT2D eigenvalue weighted by Crippen LogP contribution is -2.24. The second-order valence-electron chi connectivity index (χ2n) is 5.68. The van der Waals surface area contributed by atoms with Crippen LogP contribution in [0.5, 0.6) is 0 Å². The van der Waals surface area contributed by atoms with Gasteiger partial charge in [-0.25, -0.2) is 4.98 Å². The van der Waals surface area contributed by atoms with Gasteiger partial charge in [0.1, 0.15) is 6.35 Å². The van der Waals surface area contributed by atoms with E-state index in [4.69, 9.17) is 20.3 Å². The molecule has 2 aromatic heterocycles. The number of ether oxygens (including phenoxy) is 1. The van der Waals surface area contributed by atoms with Gasteiger partial charge in [0.05, 0.1) is 25.6 Å². The van der Waals surface area contributed by atoms with Crippen molar-refractivity contribution >= 4 is 30.5 Å². The van der Waals surface area contributed by atoms with E-state index in [1.165, 1.54) is 6.33 Å². The summed E-state index contributed by atoms with van der Waals surface area (Å²) in [6.07, 6.45) is 2.05. The van der Waals surface area contributed by atoms with Crippen molar-refractivity contribution < 1.29 is 24.2 Å². The van der Waals surface area contributed by atoms with Gasteiger partial charge in [0.15, 0.2) is 17.0 Å². The molecule has 0 saturated heterocycles. The highest BCUT2D eigenvalue weighted by Gasteiger charge is 2.24. The van der Waals surface area contributed by atoms with E-state index in [1.807, 2.05) is 0 Å². The summed E-state index contributed by atoms with van der Waals surface area (Å²) in [5.74, 6) is 0.638. The van der Waals surface area contributed by atoms with Crippen LogP contribution >= 0.6 is 7.60 Å². The molecule has 1 aliphatic carbocycles. The average Bonchev–Trinajstić information content (AvgIpc) is 3.22. The SMILES string of the molecule is Nc1nc(NC2CC2)c2ncn(CC(CO)OCP(=O)(O)O)c2n1. The Kier molecular flexibility index (Phi) is 4.70. The number of hydrogen-bond acceptors (Lipinski definition) is 8. The fourth-order valence-electron chi connectivity index (χ4n) is 2.20. The molecule has 1 unspecified atom stereocenters. The molecular weight excluding hydrogens is 339 g/mol. The van der Waals surface area contributed by atoms with Gasteiger partial charge in [0.2, 0.25) is 5.95 Å². The molecule has 0 amide bonds. The topological polar surface area (TPSA) is 169 Å². The van der Waals surface area contributed by atoms with Crippen LogP contribution in [0.1, 0.15) is 12.8 Å². The average molecular weight is 358 g/mol. The smallest absolute Gasteiger partial charge is 0.350 e. The first-order chi connectivity index (χ1) is 11.4. The number of anilines is 2. The maximum atomic E-state index is 10.9. The van der Waals surface area contributed by atoms with Crippen LogP contribution in [-0.2, 0) is 15.8 Å². The van der Waals surface area contributed by atoms with Crippen LogP contribution < -0.4 is 11.1 Å². The van der Waals surface area contributed by atoms with Gasteiger partial charge < -0.3 is 35.2 Å². The van der Waals surface area contributed by atoms with Crippen molar-refractivity contribution in [1.29, 1.82) is 0 Å². The first-order valence-electron chi connectivity index (χ1n) is 7.37. The fourth-order valence-corrected chi connectivity index (χ4v) is 2.61. The molecule has 1 aliphatic rings. The summed E-state index contributed by atoms with van der Waals surface area (Å²) in [7, 11) is -4.31. The van der Waals surface area contributed by atoms with Crippen molar-refractivity contribution in [2.24, 2.45) is 0 Å². The minimum atomic E-state index is -4.31. The van der Waals surface area contributed by atoms with Crippen molar-refractivity contribution in [1.82, 2.24) is 19.5 Å². The molecule has 12 heteroatoms. The van der Waals surface area contributed by atoms with Crippen LogP contribution in [-0.4, -0.2) is 59.5 Å². The Hall–Kier alpha value is -1.78. The van der Waals surface area contributed by atoms with Crippen LogP contribution in [0.4, 0.5) is 11.8 Å². The van der Waals surface area contributed by atoms with Gasteiger partial charge in [-0.05, 0) is 12.8 Å². The molecule has 0 radical (unpaired) electrons. The molecule has 132 valence electrons. The van der Waals surface area contributed by atoms with Crippen LogP contribution in [0, 0.1) is 0 Å². The largest absolute Gasteiger partial charge is 0.394 e. The van der Waals surface area contributed by atoms with Gasteiger partial charge in [0, 0.05) is 6.04 Å². The molecule has 1 saturated carbocycles. The number of fused-ring (bicyclic) bond motifs is 1. The van der Waals surface area contributed by atoms with E-state index in [0.29, 0.717) is 23.0 Å². The van der Waals surface area contributed by atoms with Gasteiger partial charge in [0.25, 0.3) is 0 Å². The molecular formula is C12H19N6O5P. The summed E-state index contributed by atoms with van der Waals surface area (Å²) in [4.78, 5) is 30.3. The van der Waals surface area contributed by atoms with Crippen molar-refractivity contribution in [3.8, 4) is 0 Å². The van der Waals surface area contributed by atoms with Crippen LogP contribution in [0.25, 0.3) is 11.2 Å². The third-order valence-electron chi connectivity index (χ3n) is 3.48. The molecule has 1 atom stereocenters. The van der Waals surface area contributed by atoms with Crippen molar-refractivity contribution in [3.05, 3.63) is 6.33 Å². The van der Waals surface area contributed by atoms with Crippen molar-refractivity contribution in [3.63, 3.8) is 0 Å². The third-order valence-corrected chi connectivity index (χ3v) is 3.97. The minimum absolute atomic E-state index is 0.0871. The highest BCUT2D eigenvalue weighted by atomic mass is 31.2. The molecule has 0 aromatic carbocycles. The maximum Gasteiger partial charge on any atom is 0.350 e. The quantitative estimate of drug-likeness (QED) is 0.388. The summed E-state index contributed by atoms with van der Waals surface area (Å²) >= 11 is 0. The number of aliphatic hydroxyl groups excluding tert-OH is 1. The molecule has 2 aromatic rings. The predicted octanol–water partition coefficient (Wildman–Crippen LogP) is -0.505. The zero-order valence-corrected chi connectivity index (χ0v) is 13.6. The van der Waals surface area contributed by atoms with E-state index < -0.39 is 26.7 Å². The molecule has 1 fully saturated rings. The van der Waals surface area contributed by atoms with Crippen LogP contribution in [0.15, 0.2) is 6.33 Å². The second kappa shape index (κ2) is 6.61. The Bertz CT molecular complexity index is 773. The summed E-state index contributed by atoms with van der Waals surface area (Å²) in [6, 6.07) is 0.365. The van der Waals surface area contributed by atoms with Crippen LogP contribution in [0.2, 0.25) is 0 Å². The van der Waals surface area contributed by atoms with Crippen molar-refractivity contribution in [2.75, 3.05) is 24.0 Å². The number of imidazole rings is 1. The molecule has 3 rings (SSSR count). The summed E-state index contributed by atoms with van der Waals surface area (Å²) < 4.78 is 17.6. The van der Waals surface area contributed by atoms with Crippen molar-refractivity contribution in [2.45, 2.75) is 31.5 Å². The van der Waals surface area contributed by atoms with Gasteiger partial charge >= 0.3 is 7.60 Å². The second-order valence-corrected chi connectivity index (χ2v) is 7.27. The zero-order chi connectivity index (χ0) is 17.3. The van der Waals surface area contributed by atoms with E-state index in [9.17, 15) is 9.67 Å². The maximum absolute atomic E-state index is 10.9. The molecule has 11 nitrogen and oxygen atoms in total. The normalized spacial score (nSPS) is 16.5. The number of aromatic nitrogens is 4. The lowest BCUT2D eigenvalue weighted by atomic mass is 10.3. The summed E-state index contributed by atoms with van der Waals surface area (Å²) in [5.41, 5.74) is 6.75. The zero-order valence-electron chi connectivity index (χ0n) is 12.7. The first-order valence-corrected chi connectivity index (χ1v) is 9.17. The molecule has 24 heavy (non-hydrogen) atoms. The highest BCUT2D eigenvalue weighted by molar-refractivity contribution is 7.51. The van der Waals surface area contributed by atoms with Gasteiger partial charge in [-0.1, -0.05) is 0 Å². The lowest BCUT2D eigenvalue weighted by Gasteiger charge is -2.16. The van der Waals surface area contributed by atoms with E-state index in [2.05, 4.69) is 20.3 Å². The van der Waals surface area contributed by atoms with E-state index >= 15 is 0 Å². The number of nitrogens with one attached hydrogen (secondary N) is 1. The monoisotopic (exact) mass is 358 g/mol. The minimum Gasteiger partial charge on any atom is -0.394 e. The lowest BCUT2D eigenvalue weighted by molar-refractivity contribution is 0.0202. The van der Waals surface area contributed by atoms with Gasteiger partial charge in [-0.15, -0.1) is 0 Å². The first kappa shape index (κ1) is 17.1. The molecule has 0 aliphatic heterocycles. The fraction of sp³-hybridized carbons (Fsp3) is 0.583. The van der Waals surface area contributed by atoms with E-state index in [0.717, 1.165) is 12.8 Å².